The van der Waals surface area contributed by atoms with E-state index in [0.717, 1.165) is 10.9 Å². The molecular formula is C50H82N18O12. The van der Waals surface area contributed by atoms with Crippen LogP contribution in [0.4, 0.5) is 0 Å². The van der Waals surface area contributed by atoms with E-state index >= 15 is 0 Å². The maximum absolute atomic E-state index is 14.8. The van der Waals surface area contributed by atoms with Gasteiger partial charge in [0.15, 0.2) is 5.96 Å². The Morgan fingerprint density at radius 1 is 0.775 bits per heavy atom. The van der Waals surface area contributed by atoms with Crippen molar-refractivity contribution in [3.8, 4) is 0 Å². The summed E-state index contributed by atoms with van der Waals surface area (Å²) in [5, 5.41) is 49.5. The highest BCUT2D eigenvalue weighted by Crippen LogP contribution is 2.53. The number of para-hydroxylation sites is 1. The van der Waals surface area contributed by atoms with Crippen molar-refractivity contribution < 1.29 is 58.5 Å². The number of aromatic nitrogens is 1. The second kappa shape index (κ2) is 32.1. The highest BCUT2D eigenvalue weighted by Gasteiger charge is 2.63. The van der Waals surface area contributed by atoms with Gasteiger partial charge in [-0.05, 0) is 102 Å². The lowest BCUT2D eigenvalue weighted by Gasteiger charge is -2.31. The number of amides is 8. The number of carbonyl (C=O) groups excluding carboxylic acids is 8. The monoisotopic (exact) mass is 1130 g/mol. The highest BCUT2D eigenvalue weighted by molar-refractivity contribution is 6.03. The molecule has 8 amide bonds. The van der Waals surface area contributed by atoms with Gasteiger partial charge in [0.1, 0.15) is 41.4 Å². The number of rotatable bonds is 35. The Morgan fingerprint density at radius 3 is 2.04 bits per heavy atom. The summed E-state index contributed by atoms with van der Waals surface area (Å²) in [6.45, 7) is -1.02. The van der Waals surface area contributed by atoms with Gasteiger partial charge in [0.2, 0.25) is 47.3 Å². The third kappa shape index (κ3) is 18.4. The van der Waals surface area contributed by atoms with Gasteiger partial charge in [-0.3, -0.25) is 43.3 Å². The van der Waals surface area contributed by atoms with E-state index in [9.17, 15) is 58.5 Å². The van der Waals surface area contributed by atoms with Crippen molar-refractivity contribution in [1.82, 2.24) is 47.1 Å². The van der Waals surface area contributed by atoms with Crippen LogP contribution >= 0.6 is 0 Å². The quantitative estimate of drug-likeness (QED) is 0.0132. The molecule has 30 heteroatoms. The summed E-state index contributed by atoms with van der Waals surface area (Å²) in [4.78, 5) is 132. The first kappa shape index (κ1) is 65.2. The minimum absolute atomic E-state index is 0.00464. The number of benzene rings is 1. The molecule has 444 valence electrons. The first-order valence-corrected chi connectivity index (χ1v) is 26.8. The maximum Gasteiger partial charge on any atom is 0.352 e. The molecule has 0 bridgehead atoms. The number of nitrogens with zero attached hydrogens (tertiary/aromatic N) is 2. The topological polar surface area (TPSA) is 538 Å². The number of nitrogens with two attached hydrogens (primary N) is 8. The Hall–Kier alpha value is -7.32. The molecule has 1 aromatic heterocycles. The molecule has 1 unspecified atom stereocenters. The molecule has 0 spiro atoms. The predicted molar refractivity (Wildman–Crippen MR) is 293 cm³/mol. The fraction of sp³-hybridized carbons (Fsp3) is 0.600. The normalized spacial score (nSPS) is 19.4. The summed E-state index contributed by atoms with van der Waals surface area (Å²) in [6.07, 6.45) is 2.57. The number of fused-ring (bicyclic) bond motifs is 1. The van der Waals surface area contributed by atoms with Crippen LogP contribution < -0.4 is 83.1 Å². The van der Waals surface area contributed by atoms with Gasteiger partial charge in [-0.15, -0.1) is 0 Å². The molecule has 1 aliphatic carbocycles. The molecule has 1 saturated heterocycles. The number of aromatic amines is 1. The van der Waals surface area contributed by atoms with E-state index in [0.29, 0.717) is 44.2 Å². The number of likely N-dealkylation sites (tertiary alicyclic amines) is 1. The average molecular weight is 1130 g/mol. The first-order valence-electron chi connectivity index (χ1n) is 26.8. The molecule has 2 aromatic rings. The summed E-state index contributed by atoms with van der Waals surface area (Å²) in [5.41, 5.74) is 44.3. The van der Waals surface area contributed by atoms with E-state index in [2.05, 4.69) is 47.2 Å². The summed E-state index contributed by atoms with van der Waals surface area (Å²) in [6, 6.07) is -1.05. The summed E-state index contributed by atoms with van der Waals surface area (Å²) in [7, 11) is 0. The van der Waals surface area contributed by atoms with Gasteiger partial charge >= 0.3 is 5.97 Å². The van der Waals surface area contributed by atoms with Crippen LogP contribution in [0, 0.1) is 0 Å². The molecule has 1 aromatic carbocycles. The Labute approximate surface area is 462 Å². The fourth-order valence-corrected chi connectivity index (χ4v) is 9.33. The molecule has 1 aliphatic heterocycles. The van der Waals surface area contributed by atoms with E-state index in [1.54, 1.807) is 6.20 Å². The number of aliphatic hydroxyl groups is 2. The van der Waals surface area contributed by atoms with Crippen LogP contribution in [0.25, 0.3) is 10.9 Å². The predicted octanol–water partition coefficient (Wildman–Crippen LogP) is -6.73. The van der Waals surface area contributed by atoms with Crippen LogP contribution in [0.2, 0.25) is 0 Å². The summed E-state index contributed by atoms with van der Waals surface area (Å²) in [5.74, 6) is -9.23. The number of hydrogen-bond donors (Lipinski definition) is 19. The van der Waals surface area contributed by atoms with Crippen molar-refractivity contribution in [3.05, 3.63) is 47.8 Å². The Morgan fingerprint density at radius 2 is 1.40 bits per heavy atom. The third-order valence-electron chi connectivity index (χ3n) is 13.8. The number of guanidine groups is 1. The number of aliphatic imine (C=N–C) groups is 1. The molecular weight excluding hydrogens is 1040 g/mol. The van der Waals surface area contributed by atoms with Gasteiger partial charge in [-0.25, -0.2) is 4.79 Å². The van der Waals surface area contributed by atoms with E-state index in [4.69, 9.17) is 45.9 Å². The van der Waals surface area contributed by atoms with Crippen LogP contribution in [-0.4, -0.2) is 191 Å². The molecule has 10 atom stereocenters. The van der Waals surface area contributed by atoms with Crippen molar-refractivity contribution in [2.75, 3.05) is 52.4 Å². The largest absolute Gasteiger partial charge is 0.477 e. The van der Waals surface area contributed by atoms with Gasteiger partial charge in [-0.1, -0.05) is 30.7 Å². The number of hydrogen-bond acceptors (Lipinski definition) is 18. The number of carboxylic acids is 1. The molecule has 30 nitrogen and oxygen atoms in total. The number of aliphatic carboxylic acids is 1. The molecule has 2 heterocycles. The van der Waals surface area contributed by atoms with Crippen molar-refractivity contribution in [3.63, 3.8) is 0 Å². The number of carbonyl (C=O) groups is 9. The van der Waals surface area contributed by atoms with E-state index < -0.39 is 138 Å². The fourth-order valence-electron chi connectivity index (χ4n) is 9.33. The van der Waals surface area contributed by atoms with E-state index in [1.165, 1.54) is 11.0 Å². The standard InChI is InChI=1S/C50H82N18O12/c51-17-5-3-11-30(56)41(72)65-40(37(70)24-55)45(76)66-39(36(69)23-54)44(75)61-26-38(71)62-33(14-7-19-53)46(77)68-21-9-16-35(68)43(74)67-50(22-29(50)28-25-60-31-12-2-1-10-27(28)31)48(80)64-32(13-4-6-18-52)42(73)63-34(47(78)79)15-8-20-59-49(57)58/h1-2,10,12,15,25,29-30,32-33,35-37,39-40,60,69-70H,3-9,11,13-14,16-24,26,51-56H2,(H,61,75)(H,62,71)(H,63,73)(H,64,80)(H,65,72)(H,66,76)(H,67,74)(H,78,79)(H4,57,58,59)/b34-15-/t29-,30-,32-,33+,35-,36-,37-,39-,40-,50?/m0/s1. The lowest BCUT2D eigenvalue weighted by atomic mass is 10.0. The minimum atomic E-state index is -1.83. The lowest BCUT2D eigenvalue weighted by Crippen LogP contribution is -2.63. The molecule has 27 N–H and O–H groups in total. The van der Waals surface area contributed by atoms with Crippen molar-refractivity contribution in [2.24, 2.45) is 50.9 Å². The molecule has 2 aliphatic rings. The van der Waals surface area contributed by atoms with Crippen molar-refractivity contribution >= 4 is 70.1 Å². The van der Waals surface area contributed by atoms with E-state index in [1.807, 2.05) is 24.3 Å². The lowest BCUT2D eigenvalue weighted by molar-refractivity contribution is -0.142. The zero-order chi connectivity index (χ0) is 59.1. The summed E-state index contributed by atoms with van der Waals surface area (Å²) >= 11 is 0. The van der Waals surface area contributed by atoms with Crippen molar-refractivity contribution in [2.45, 2.75) is 137 Å². The second-order valence-electron chi connectivity index (χ2n) is 19.8. The van der Waals surface area contributed by atoms with Crippen molar-refractivity contribution in [1.29, 1.82) is 0 Å². The smallest absolute Gasteiger partial charge is 0.352 e. The number of unbranched alkanes of at least 4 members (excludes halogenated alkanes) is 2. The van der Waals surface area contributed by atoms with Crippen LogP contribution in [0.3, 0.4) is 0 Å². The molecule has 0 radical (unpaired) electrons. The average Bonchev–Trinajstić information content (AvgIpc) is 3.81. The van der Waals surface area contributed by atoms with Crippen LogP contribution in [0.15, 0.2) is 47.2 Å². The second-order valence-corrected chi connectivity index (χ2v) is 19.8. The molecule has 2 fully saturated rings. The maximum atomic E-state index is 14.8. The Kier molecular flexibility index (Phi) is 26.1. The molecule has 4 rings (SSSR count). The van der Waals surface area contributed by atoms with Crippen LogP contribution in [0.1, 0.15) is 88.5 Å². The third-order valence-corrected chi connectivity index (χ3v) is 13.8. The molecule has 80 heavy (non-hydrogen) atoms. The number of carboxylic acid groups (broad SMARTS) is 1. The first-order chi connectivity index (χ1) is 38.2. The zero-order valence-corrected chi connectivity index (χ0v) is 44.8. The van der Waals surface area contributed by atoms with Crippen LogP contribution in [-0.2, 0) is 43.2 Å². The number of H-pyrrole nitrogens is 1. The number of nitrogens with one attached hydrogen (secondary N) is 8. The van der Waals surface area contributed by atoms with Gasteiger partial charge < -0.3 is 108 Å². The van der Waals surface area contributed by atoms with E-state index in [-0.39, 0.29) is 77.1 Å². The van der Waals surface area contributed by atoms with Gasteiger partial charge in [0.05, 0.1) is 24.8 Å². The SMILES string of the molecule is NCCCC[C@H](NC(=O)C1(NC(=O)[C@@H]2CCCN2C(=O)[C@@H](CCCN)NC(=O)CNC(=O)[C@@H](NC(=O)[C@@H](NC(=O)[C@@H](N)CCCCN)[C@@H](O)CN)[C@@H](O)CN)C[C@H]1c1c[nH]c2ccccc12)C(=O)N/C(=C\CCN=C(N)N)C(=O)O. The van der Waals surface area contributed by atoms with Crippen LogP contribution in [0.5, 0.6) is 0 Å². The minimum Gasteiger partial charge on any atom is -0.477 e. The van der Waals surface area contributed by atoms with Gasteiger partial charge in [-0.2, -0.15) is 0 Å². The van der Waals surface area contributed by atoms with Gasteiger partial charge in [0.25, 0.3) is 0 Å². The van der Waals surface area contributed by atoms with Gasteiger partial charge in [0, 0.05) is 49.2 Å². The molecule has 1 saturated carbocycles. The summed E-state index contributed by atoms with van der Waals surface area (Å²) < 4.78 is 0. The highest BCUT2D eigenvalue weighted by atomic mass is 16.4. The Bertz CT molecular complexity index is 2520. The zero-order valence-electron chi connectivity index (χ0n) is 44.8. The Balaban J connectivity index is 1.53. The number of aliphatic hydroxyl groups excluding tert-OH is 2.